The molecule has 0 unspecified atom stereocenters. The van der Waals surface area contributed by atoms with E-state index in [4.69, 9.17) is 9.47 Å². The predicted molar refractivity (Wildman–Crippen MR) is 89.9 cm³/mol. The van der Waals surface area contributed by atoms with Gasteiger partial charge >= 0.3 is 11.9 Å². The summed E-state index contributed by atoms with van der Waals surface area (Å²) in [6, 6.07) is 0. The minimum absolute atomic E-state index is 0.0103. The number of ether oxygens (including phenoxy) is 2. The standard InChI is InChI=1S/C15H19BN4O5/c1-4-24-14(22)12-11(16)13(15(23)25-5-2)20(18-12)8-10(21)9-6-17-19(3)7-9/h6-7H,4-5,8,16H2,1-3H3. The Balaban J connectivity index is 2.40. The molecule has 0 saturated heterocycles. The van der Waals surface area contributed by atoms with Crippen LogP contribution in [-0.2, 0) is 23.1 Å². The number of carbonyl (C=O) groups is 3. The molecule has 2 rings (SSSR count). The third-order valence-corrected chi connectivity index (χ3v) is 3.45. The second-order valence-electron chi connectivity index (χ2n) is 5.25. The summed E-state index contributed by atoms with van der Waals surface area (Å²) in [5, 5.41) is 8.04. The van der Waals surface area contributed by atoms with Crippen LogP contribution in [0.25, 0.3) is 0 Å². The molecule has 0 atom stereocenters. The maximum Gasteiger partial charge on any atom is 0.358 e. The maximum absolute atomic E-state index is 12.4. The Hall–Kier alpha value is -2.91. The van der Waals surface area contributed by atoms with Gasteiger partial charge in [-0.25, -0.2) is 9.59 Å². The largest absolute Gasteiger partial charge is 0.461 e. The number of carbonyl (C=O) groups excluding carboxylic acids is 3. The van der Waals surface area contributed by atoms with Gasteiger partial charge in [0.05, 0.1) is 25.0 Å². The zero-order chi connectivity index (χ0) is 18.6. The van der Waals surface area contributed by atoms with Crippen LogP contribution in [0.5, 0.6) is 0 Å². The number of hydrogen-bond acceptors (Lipinski definition) is 7. The summed E-state index contributed by atoms with van der Waals surface area (Å²) >= 11 is 0. The van der Waals surface area contributed by atoms with E-state index >= 15 is 0 Å². The summed E-state index contributed by atoms with van der Waals surface area (Å²) in [6.45, 7) is 3.45. The van der Waals surface area contributed by atoms with Gasteiger partial charge in [-0.1, -0.05) is 0 Å². The van der Waals surface area contributed by atoms with E-state index in [2.05, 4.69) is 10.2 Å². The van der Waals surface area contributed by atoms with Gasteiger partial charge in [0, 0.05) is 13.2 Å². The van der Waals surface area contributed by atoms with Gasteiger partial charge in [-0.3, -0.25) is 14.2 Å². The van der Waals surface area contributed by atoms with Crippen LogP contribution in [0.4, 0.5) is 0 Å². The highest BCUT2D eigenvalue weighted by Gasteiger charge is 2.27. The molecule has 2 aromatic heterocycles. The fraction of sp³-hybridized carbons (Fsp3) is 0.400. The molecule has 0 fully saturated rings. The van der Waals surface area contributed by atoms with Crippen LogP contribution in [0.3, 0.4) is 0 Å². The minimum Gasteiger partial charge on any atom is -0.461 e. The van der Waals surface area contributed by atoms with Gasteiger partial charge in [-0.05, 0) is 19.3 Å². The molecule has 0 aromatic carbocycles. The fourth-order valence-electron chi connectivity index (χ4n) is 2.31. The first-order valence-corrected chi connectivity index (χ1v) is 7.82. The highest BCUT2D eigenvalue weighted by molar-refractivity contribution is 6.39. The summed E-state index contributed by atoms with van der Waals surface area (Å²) in [7, 11) is 3.26. The lowest BCUT2D eigenvalue weighted by atomic mass is 9.93. The van der Waals surface area contributed by atoms with Crippen LogP contribution >= 0.6 is 0 Å². The van der Waals surface area contributed by atoms with Crippen LogP contribution in [0.1, 0.15) is 45.2 Å². The van der Waals surface area contributed by atoms with Crippen LogP contribution in [0.2, 0.25) is 0 Å². The second kappa shape index (κ2) is 7.78. The zero-order valence-electron chi connectivity index (χ0n) is 14.6. The molecule has 0 amide bonds. The molecule has 0 aliphatic carbocycles. The zero-order valence-corrected chi connectivity index (χ0v) is 14.6. The number of aromatic nitrogens is 4. The Morgan fingerprint density at radius 1 is 1.16 bits per heavy atom. The SMILES string of the molecule is Bc1c(C(=O)OCC)nn(CC(=O)c2cnn(C)c2)c1C(=O)OCC. The van der Waals surface area contributed by atoms with Crippen LogP contribution in [0, 0.1) is 0 Å². The van der Waals surface area contributed by atoms with Crippen molar-refractivity contribution in [1.82, 2.24) is 19.6 Å². The average Bonchev–Trinajstić information content (AvgIpc) is 3.12. The van der Waals surface area contributed by atoms with E-state index in [1.165, 1.54) is 15.6 Å². The van der Waals surface area contributed by atoms with Crippen LogP contribution in [-0.4, -0.2) is 58.3 Å². The van der Waals surface area contributed by atoms with E-state index in [0.29, 0.717) is 11.0 Å². The Morgan fingerprint density at radius 3 is 2.36 bits per heavy atom. The third-order valence-electron chi connectivity index (χ3n) is 3.45. The van der Waals surface area contributed by atoms with Crippen molar-refractivity contribution in [2.24, 2.45) is 7.05 Å². The van der Waals surface area contributed by atoms with Gasteiger partial charge in [0.2, 0.25) is 0 Å². The first-order valence-electron chi connectivity index (χ1n) is 7.82. The van der Waals surface area contributed by atoms with Gasteiger partial charge in [0.25, 0.3) is 0 Å². The molecule has 2 aromatic rings. The number of ketones is 1. The van der Waals surface area contributed by atoms with E-state index in [-0.39, 0.29) is 36.9 Å². The summed E-state index contributed by atoms with van der Waals surface area (Å²) in [5.41, 5.74) is 0.741. The summed E-state index contributed by atoms with van der Waals surface area (Å²) < 4.78 is 12.6. The Kier molecular flexibility index (Phi) is 5.73. The minimum atomic E-state index is -0.655. The molecule has 0 saturated carbocycles. The third kappa shape index (κ3) is 3.96. The topological polar surface area (TPSA) is 105 Å². The van der Waals surface area contributed by atoms with E-state index in [0.717, 1.165) is 0 Å². The van der Waals surface area contributed by atoms with Gasteiger partial charge < -0.3 is 9.47 Å². The molecule has 2 heterocycles. The van der Waals surface area contributed by atoms with Crippen molar-refractivity contribution in [2.75, 3.05) is 13.2 Å². The highest BCUT2D eigenvalue weighted by Crippen LogP contribution is 2.08. The normalized spacial score (nSPS) is 10.5. The highest BCUT2D eigenvalue weighted by atomic mass is 16.5. The second-order valence-corrected chi connectivity index (χ2v) is 5.25. The Labute approximate surface area is 145 Å². The molecular weight excluding hydrogens is 327 g/mol. The summed E-state index contributed by atoms with van der Waals surface area (Å²) in [6.07, 6.45) is 2.99. The monoisotopic (exact) mass is 346 g/mol. The Bertz CT molecular complexity index is 811. The predicted octanol–water partition coefficient (Wildman–Crippen LogP) is -0.889. The molecule has 0 radical (unpaired) electrons. The molecule has 0 aliphatic rings. The van der Waals surface area contributed by atoms with Gasteiger partial charge in [-0.2, -0.15) is 10.2 Å². The van der Waals surface area contributed by atoms with Crippen molar-refractivity contribution in [3.63, 3.8) is 0 Å². The van der Waals surface area contributed by atoms with Crippen molar-refractivity contribution in [2.45, 2.75) is 20.4 Å². The molecule has 0 bridgehead atoms. The molecule has 25 heavy (non-hydrogen) atoms. The first kappa shape index (κ1) is 18.4. The maximum atomic E-state index is 12.4. The van der Waals surface area contributed by atoms with Crippen molar-refractivity contribution in [3.8, 4) is 0 Å². The number of hydrogen-bond donors (Lipinski definition) is 0. The van der Waals surface area contributed by atoms with E-state index < -0.39 is 11.9 Å². The molecule has 0 aliphatic heterocycles. The fourth-order valence-corrected chi connectivity index (χ4v) is 2.31. The number of Topliss-reactive ketones (excluding diaryl/α,β-unsaturated/α-hetero) is 1. The number of esters is 2. The lowest BCUT2D eigenvalue weighted by Gasteiger charge is -2.06. The quantitative estimate of drug-likeness (QED) is 0.364. The lowest BCUT2D eigenvalue weighted by Crippen LogP contribution is -2.25. The van der Waals surface area contributed by atoms with E-state index in [1.807, 2.05) is 0 Å². The summed E-state index contributed by atoms with van der Waals surface area (Å²) in [5.74, 6) is -1.60. The average molecular weight is 346 g/mol. The van der Waals surface area contributed by atoms with E-state index in [9.17, 15) is 14.4 Å². The first-order chi connectivity index (χ1) is 11.9. The van der Waals surface area contributed by atoms with Gasteiger partial charge in [-0.15, -0.1) is 0 Å². The van der Waals surface area contributed by atoms with Crippen molar-refractivity contribution in [3.05, 3.63) is 29.3 Å². The number of nitrogens with zero attached hydrogens (tertiary/aromatic N) is 4. The number of rotatable bonds is 7. The molecule has 132 valence electrons. The molecule has 9 nitrogen and oxygen atoms in total. The van der Waals surface area contributed by atoms with Crippen molar-refractivity contribution < 1.29 is 23.9 Å². The Morgan fingerprint density at radius 2 is 1.80 bits per heavy atom. The van der Waals surface area contributed by atoms with E-state index in [1.54, 1.807) is 34.9 Å². The smallest absolute Gasteiger partial charge is 0.358 e. The van der Waals surface area contributed by atoms with Crippen LogP contribution < -0.4 is 5.46 Å². The van der Waals surface area contributed by atoms with Crippen molar-refractivity contribution in [1.29, 1.82) is 0 Å². The van der Waals surface area contributed by atoms with Gasteiger partial charge in [0.15, 0.2) is 11.5 Å². The molecule has 0 spiro atoms. The molecule has 10 heteroatoms. The van der Waals surface area contributed by atoms with Gasteiger partial charge in [0.1, 0.15) is 20.1 Å². The molecular formula is C15H19BN4O5. The number of aryl methyl sites for hydroxylation is 1. The molecule has 0 N–H and O–H groups in total. The lowest BCUT2D eigenvalue weighted by molar-refractivity contribution is 0.0505. The van der Waals surface area contributed by atoms with Crippen LogP contribution in [0.15, 0.2) is 12.4 Å². The van der Waals surface area contributed by atoms with Crippen molar-refractivity contribution >= 4 is 31.0 Å². The summed E-state index contributed by atoms with van der Waals surface area (Å²) in [4.78, 5) is 36.7.